The maximum Gasteiger partial charge on any atom is 0.341 e. The molecule has 1 amide bonds. The number of carbonyl (C=O) groups is 2. The molecule has 0 spiro atoms. The fourth-order valence-corrected chi connectivity index (χ4v) is 3.31. The van der Waals surface area contributed by atoms with E-state index in [9.17, 15) is 9.59 Å². The third-order valence-corrected chi connectivity index (χ3v) is 4.54. The lowest BCUT2D eigenvalue weighted by Gasteiger charge is -2.16. The number of ether oxygens (including phenoxy) is 2. The summed E-state index contributed by atoms with van der Waals surface area (Å²) in [7, 11) is 0. The number of carbonyl (C=O) groups excluding carboxylic acids is 1. The Morgan fingerprint density at radius 1 is 1.15 bits per heavy atom. The zero-order chi connectivity index (χ0) is 19.4. The quantitative estimate of drug-likeness (QED) is 0.782. The Hall–Kier alpha value is -3.02. The van der Waals surface area contributed by atoms with Gasteiger partial charge in [-0.2, -0.15) is 0 Å². The number of hydrogen-bond donors (Lipinski definition) is 2. The zero-order valence-corrected chi connectivity index (χ0v) is 15.5. The van der Waals surface area contributed by atoms with Crippen LogP contribution in [0.1, 0.15) is 46.4 Å². The van der Waals surface area contributed by atoms with Crippen LogP contribution in [0, 0.1) is 6.92 Å². The maximum atomic E-state index is 12.7. The highest BCUT2D eigenvalue weighted by Crippen LogP contribution is 2.33. The Labute approximate surface area is 158 Å². The van der Waals surface area contributed by atoms with Crippen LogP contribution in [-0.4, -0.2) is 30.2 Å². The second kappa shape index (κ2) is 8.12. The van der Waals surface area contributed by atoms with Gasteiger partial charge in [0.1, 0.15) is 0 Å². The molecule has 0 heterocycles. The molecule has 6 nitrogen and oxygen atoms in total. The molecule has 1 aliphatic rings. The highest BCUT2D eigenvalue weighted by Gasteiger charge is 2.24. The van der Waals surface area contributed by atoms with E-state index in [-0.39, 0.29) is 11.9 Å². The number of aryl methyl sites for hydroxylation is 2. The van der Waals surface area contributed by atoms with Crippen molar-refractivity contribution in [3.63, 3.8) is 0 Å². The second-order valence-electron chi connectivity index (χ2n) is 6.54. The van der Waals surface area contributed by atoms with E-state index < -0.39 is 12.6 Å². The molecule has 27 heavy (non-hydrogen) atoms. The van der Waals surface area contributed by atoms with Gasteiger partial charge in [-0.1, -0.05) is 23.8 Å². The standard InChI is InChI=1S/C21H23NO5/c1-3-26-19-11-15(6-9-18(19)27-12-20(23)24)21(25)22-17-8-5-14-10-13(2)4-7-16(14)17/h4,6-7,9-11,17H,3,5,8,12H2,1-2H3,(H,22,25)(H,23,24). The molecule has 142 valence electrons. The highest BCUT2D eigenvalue weighted by molar-refractivity contribution is 5.95. The van der Waals surface area contributed by atoms with Crippen molar-refractivity contribution >= 4 is 11.9 Å². The van der Waals surface area contributed by atoms with Gasteiger partial charge >= 0.3 is 5.97 Å². The lowest BCUT2D eigenvalue weighted by atomic mass is 10.0. The second-order valence-corrected chi connectivity index (χ2v) is 6.54. The lowest BCUT2D eigenvalue weighted by molar-refractivity contribution is -0.139. The predicted octanol–water partition coefficient (Wildman–Crippen LogP) is 3.27. The minimum Gasteiger partial charge on any atom is -0.490 e. The normalized spacial score (nSPS) is 15.1. The number of hydrogen-bond acceptors (Lipinski definition) is 4. The van der Waals surface area contributed by atoms with Gasteiger partial charge in [0.25, 0.3) is 5.91 Å². The van der Waals surface area contributed by atoms with Crippen molar-refractivity contribution in [3.8, 4) is 11.5 Å². The fraction of sp³-hybridized carbons (Fsp3) is 0.333. The monoisotopic (exact) mass is 369 g/mol. The van der Waals surface area contributed by atoms with Crippen molar-refractivity contribution in [2.75, 3.05) is 13.2 Å². The number of fused-ring (bicyclic) bond motifs is 1. The molecule has 0 saturated carbocycles. The number of carboxylic acids is 1. The number of benzene rings is 2. The Balaban J connectivity index is 1.75. The first kappa shape index (κ1) is 18.8. The van der Waals surface area contributed by atoms with E-state index in [0.29, 0.717) is 23.7 Å². The summed E-state index contributed by atoms with van der Waals surface area (Å²) < 4.78 is 10.7. The van der Waals surface area contributed by atoms with Crippen molar-refractivity contribution in [2.45, 2.75) is 32.7 Å². The average Bonchev–Trinajstić information content (AvgIpc) is 3.02. The molecular formula is C21H23NO5. The average molecular weight is 369 g/mol. The number of aliphatic carboxylic acids is 1. The first-order chi connectivity index (χ1) is 13.0. The first-order valence-corrected chi connectivity index (χ1v) is 8.99. The van der Waals surface area contributed by atoms with Crippen LogP contribution in [0.25, 0.3) is 0 Å². The molecule has 2 aromatic rings. The van der Waals surface area contributed by atoms with Gasteiger partial charge in [-0.05, 0) is 56.0 Å². The molecule has 0 bridgehead atoms. The van der Waals surface area contributed by atoms with Crippen LogP contribution < -0.4 is 14.8 Å². The van der Waals surface area contributed by atoms with Crippen molar-refractivity contribution in [2.24, 2.45) is 0 Å². The van der Waals surface area contributed by atoms with Gasteiger partial charge in [-0.25, -0.2) is 4.79 Å². The van der Waals surface area contributed by atoms with Gasteiger partial charge in [-0.3, -0.25) is 4.79 Å². The number of carboxylic acid groups (broad SMARTS) is 1. The molecular weight excluding hydrogens is 346 g/mol. The van der Waals surface area contributed by atoms with Crippen LogP contribution in [0.4, 0.5) is 0 Å². The van der Waals surface area contributed by atoms with Crippen molar-refractivity contribution in [3.05, 3.63) is 58.7 Å². The molecule has 1 atom stereocenters. The van der Waals surface area contributed by atoms with Crippen LogP contribution in [-0.2, 0) is 11.2 Å². The van der Waals surface area contributed by atoms with Crippen LogP contribution >= 0.6 is 0 Å². The van der Waals surface area contributed by atoms with E-state index in [2.05, 4.69) is 30.4 Å². The summed E-state index contributed by atoms with van der Waals surface area (Å²) >= 11 is 0. The van der Waals surface area contributed by atoms with E-state index >= 15 is 0 Å². The van der Waals surface area contributed by atoms with Gasteiger partial charge in [-0.15, -0.1) is 0 Å². The molecule has 1 unspecified atom stereocenters. The van der Waals surface area contributed by atoms with Gasteiger partial charge in [0.2, 0.25) is 0 Å². The largest absolute Gasteiger partial charge is 0.490 e. The van der Waals surface area contributed by atoms with Gasteiger partial charge in [0, 0.05) is 5.56 Å². The summed E-state index contributed by atoms with van der Waals surface area (Å²) in [6.07, 6.45) is 1.83. The molecule has 3 rings (SSSR count). The van der Waals surface area contributed by atoms with Crippen molar-refractivity contribution < 1.29 is 24.2 Å². The highest BCUT2D eigenvalue weighted by atomic mass is 16.5. The topological polar surface area (TPSA) is 84.9 Å². The van der Waals surface area contributed by atoms with E-state index in [1.165, 1.54) is 16.7 Å². The number of nitrogens with one attached hydrogen (secondary N) is 1. The molecule has 0 saturated heterocycles. The zero-order valence-electron chi connectivity index (χ0n) is 15.5. The third-order valence-electron chi connectivity index (χ3n) is 4.54. The minimum atomic E-state index is -1.07. The van der Waals surface area contributed by atoms with Gasteiger partial charge < -0.3 is 19.9 Å². The summed E-state index contributed by atoms with van der Waals surface area (Å²) in [5.41, 5.74) is 4.12. The predicted molar refractivity (Wildman–Crippen MR) is 100 cm³/mol. The molecule has 0 fully saturated rings. The molecule has 0 aliphatic heterocycles. The maximum absolute atomic E-state index is 12.7. The summed E-state index contributed by atoms with van der Waals surface area (Å²) in [6.45, 7) is 3.79. The summed E-state index contributed by atoms with van der Waals surface area (Å²) in [6, 6.07) is 11.1. The van der Waals surface area contributed by atoms with Gasteiger partial charge in [0.15, 0.2) is 18.1 Å². The first-order valence-electron chi connectivity index (χ1n) is 8.99. The van der Waals surface area contributed by atoms with E-state index in [4.69, 9.17) is 14.6 Å². The summed E-state index contributed by atoms with van der Waals surface area (Å²) in [5.74, 6) is -0.611. The van der Waals surface area contributed by atoms with Crippen molar-refractivity contribution in [1.82, 2.24) is 5.32 Å². The molecule has 0 radical (unpaired) electrons. The number of rotatable bonds is 7. The van der Waals surface area contributed by atoms with Crippen LogP contribution in [0.3, 0.4) is 0 Å². The van der Waals surface area contributed by atoms with Crippen LogP contribution in [0.15, 0.2) is 36.4 Å². The lowest BCUT2D eigenvalue weighted by Crippen LogP contribution is -2.27. The Morgan fingerprint density at radius 3 is 2.70 bits per heavy atom. The SMILES string of the molecule is CCOc1cc(C(=O)NC2CCc3cc(C)ccc32)ccc1OCC(=O)O. The molecule has 1 aliphatic carbocycles. The molecule has 0 aromatic heterocycles. The van der Waals surface area contributed by atoms with E-state index in [1.54, 1.807) is 18.2 Å². The molecule has 2 N–H and O–H groups in total. The Kier molecular flexibility index (Phi) is 5.64. The van der Waals surface area contributed by atoms with E-state index in [0.717, 1.165) is 12.8 Å². The fourth-order valence-electron chi connectivity index (χ4n) is 3.31. The van der Waals surface area contributed by atoms with Crippen LogP contribution in [0.2, 0.25) is 0 Å². The Bertz CT molecular complexity index is 862. The molecule has 6 heteroatoms. The molecule has 2 aromatic carbocycles. The van der Waals surface area contributed by atoms with Gasteiger partial charge in [0.05, 0.1) is 12.6 Å². The third kappa shape index (κ3) is 4.39. The smallest absolute Gasteiger partial charge is 0.341 e. The summed E-state index contributed by atoms with van der Waals surface area (Å²) in [5, 5.41) is 11.8. The Morgan fingerprint density at radius 2 is 1.96 bits per heavy atom. The van der Waals surface area contributed by atoms with Crippen LogP contribution in [0.5, 0.6) is 11.5 Å². The minimum absolute atomic E-state index is 0.00780. The van der Waals surface area contributed by atoms with E-state index in [1.807, 2.05) is 6.92 Å². The van der Waals surface area contributed by atoms with Crippen molar-refractivity contribution in [1.29, 1.82) is 0 Å². The number of amides is 1. The summed E-state index contributed by atoms with van der Waals surface area (Å²) in [4.78, 5) is 23.4.